The number of nitrogens with zero attached hydrogens (tertiary/aromatic N) is 3. The lowest BCUT2D eigenvalue weighted by atomic mass is 10.1. The molecule has 5 heteroatoms. The average molecular weight is 346 g/mol. The molecule has 2 aromatic carbocycles. The van der Waals surface area contributed by atoms with Gasteiger partial charge in [0.2, 0.25) is 0 Å². The first-order chi connectivity index (χ1) is 12.6. The van der Waals surface area contributed by atoms with E-state index >= 15 is 0 Å². The third kappa shape index (κ3) is 3.88. The van der Waals surface area contributed by atoms with Crippen molar-refractivity contribution in [1.82, 2.24) is 15.0 Å². The Morgan fingerprint density at radius 1 is 1.23 bits per heavy atom. The Balaban J connectivity index is 1.70. The molecule has 0 radical (unpaired) electrons. The lowest BCUT2D eigenvalue weighted by Crippen LogP contribution is -2.17. The van der Waals surface area contributed by atoms with Crippen LogP contribution in [0.15, 0.2) is 59.2 Å². The SMILES string of the molecule is CCn1c(C)nc2cc(C(=O)N/N=C\C(C)=C\c3ccccc3)ccc21. The minimum absolute atomic E-state index is 0.251. The van der Waals surface area contributed by atoms with Gasteiger partial charge in [0.25, 0.3) is 5.91 Å². The van der Waals surface area contributed by atoms with Crippen LogP contribution in [0.2, 0.25) is 0 Å². The molecule has 3 rings (SSSR count). The van der Waals surface area contributed by atoms with Crippen molar-refractivity contribution in [2.75, 3.05) is 0 Å². The van der Waals surface area contributed by atoms with Crippen LogP contribution in [0.4, 0.5) is 0 Å². The van der Waals surface area contributed by atoms with E-state index in [9.17, 15) is 4.79 Å². The highest BCUT2D eigenvalue weighted by Crippen LogP contribution is 2.17. The fourth-order valence-corrected chi connectivity index (χ4v) is 2.90. The molecule has 0 aliphatic heterocycles. The minimum atomic E-state index is -0.251. The smallest absolute Gasteiger partial charge is 0.271 e. The Hall–Kier alpha value is -3.21. The Kier molecular flexibility index (Phi) is 5.27. The highest BCUT2D eigenvalue weighted by atomic mass is 16.2. The number of hydrazone groups is 1. The molecule has 0 atom stereocenters. The van der Waals surface area contributed by atoms with Gasteiger partial charge in [0.15, 0.2) is 0 Å². The van der Waals surface area contributed by atoms with E-state index in [0.717, 1.165) is 34.5 Å². The lowest BCUT2D eigenvalue weighted by molar-refractivity contribution is 0.0955. The standard InChI is InChI=1S/C21H22N4O/c1-4-25-16(3)23-19-13-18(10-11-20(19)25)21(26)24-22-14-15(2)12-17-8-6-5-7-9-17/h5-14H,4H2,1-3H3,(H,24,26)/b15-12+,22-14-. The summed E-state index contributed by atoms with van der Waals surface area (Å²) in [7, 11) is 0. The summed E-state index contributed by atoms with van der Waals surface area (Å²) >= 11 is 0. The molecule has 5 nitrogen and oxygen atoms in total. The summed E-state index contributed by atoms with van der Waals surface area (Å²) in [5, 5.41) is 4.04. The van der Waals surface area contributed by atoms with Gasteiger partial charge in [-0.3, -0.25) is 4.79 Å². The quantitative estimate of drug-likeness (QED) is 0.556. The first-order valence-corrected chi connectivity index (χ1v) is 8.62. The molecule has 1 amide bonds. The number of nitrogens with one attached hydrogen (secondary N) is 1. The Bertz CT molecular complexity index is 984. The van der Waals surface area contributed by atoms with Gasteiger partial charge in [0, 0.05) is 12.1 Å². The Morgan fingerprint density at radius 3 is 2.73 bits per heavy atom. The molecular weight excluding hydrogens is 324 g/mol. The number of benzene rings is 2. The lowest BCUT2D eigenvalue weighted by Gasteiger charge is -2.03. The van der Waals surface area contributed by atoms with Crippen molar-refractivity contribution in [3.8, 4) is 0 Å². The summed E-state index contributed by atoms with van der Waals surface area (Å²) in [6.45, 7) is 6.84. The van der Waals surface area contributed by atoms with Crippen LogP contribution >= 0.6 is 0 Å². The van der Waals surface area contributed by atoms with Crippen LogP contribution in [0.1, 0.15) is 35.6 Å². The molecule has 0 saturated heterocycles. The predicted molar refractivity (Wildman–Crippen MR) is 106 cm³/mol. The van der Waals surface area contributed by atoms with E-state index in [-0.39, 0.29) is 5.91 Å². The fourth-order valence-electron chi connectivity index (χ4n) is 2.90. The third-order valence-electron chi connectivity index (χ3n) is 4.15. The molecule has 3 aromatic rings. The zero-order chi connectivity index (χ0) is 18.5. The number of carbonyl (C=O) groups is 1. The molecule has 132 valence electrons. The molecule has 0 fully saturated rings. The predicted octanol–water partition coefficient (Wildman–Crippen LogP) is 4.18. The van der Waals surface area contributed by atoms with Crippen molar-refractivity contribution >= 4 is 29.2 Å². The number of aromatic nitrogens is 2. The summed E-state index contributed by atoms with van der Waals surface area (Å²) in [6, 6.07) is 15.5. The topological polar surface area (TPSA) is 59.3 Å². The van der Waals surface area contributed by atoms with Gasteiger partial charge < -0.3 is 4.57 Å². The van der Waals surface area contributed by atoms with E-state index in [1.807, 2.05) is 56.3 Å². The molecule has 1 heterocycles. The van der Waals surface area contributed by atoms with Crippen LogP contribution in [0.5, 0.6) is 0 Å². The van der Waals surface area contributed by atoms with E-state index in [1.54, 1.807) is 18.3 Å². The van der Waals surface area contributed by atoms with Crippen molar-refractivity contribution in [1.29, 1.82) is 0 Å². The number of allylic oxidation sites excluding steroid dienone is 1. The summed E-state index contributed by atoms with van der Waals surface area (Å²) < 4.78 is 2.12. The molecule has 0 saturated carbocycles. The second-order valence-corrected chi connectivity index (χ2v) is 6.10. The highest BCUT2D eigenvalue weighted by Gasteiger charge is 2.10. The maximum atomic E-state index is 12.3. The van der Waals surface area contributed by atoms with Crippen LogP contribution in [0, 0.1) is 6.92 Å². The molecule has 0 unspecified atom stereocenters. The highest BCUT2D eigenvalue weighted by molar-refractivity contribution is 5.98. The van der Waals surface area contributed by atoms with Gasteiger partial charge in [-0.2, -0.15) is 5.10 Å². The normalized spacial score (nSPS) is 12.0. The Labute approximate surface area is 153 Å². The van der Waals surface area contributed by atoms with Gasteiger partial charge >= 0.3 is 0 Å². The van der Waals surface area contributed by atoms with E-state index < -0.39 is 0 Å². The van der Waals surface area contributed by atoms with Crippen molar-refractivity contribution in [2.24, 2.45) is 5.10 Å². The van der Waals surface area contributed by atoms with Gasteiger partial charge in [-0.15, -0.1) is 0 Å². The maximum Gasteiger partial charge on any atom is 0.271 e. The molecule has 0 spiro atoms. The van der Waals surface area contributed by atoms with Crippen LogP contribution < -0.4 is 5.43 Å². The van der Waals surface area contributed by atoms with Crippen molar-refractivity contribution in [2.45, 2.75) is 27.3 Å². The van der Waals surface area contributed by atoms with Crippen LogP contribution in [-0.2, 0) is 6.54 Å². The van der Waals surface area contributed by atoms with E-state index in [1.165, 1.54) is 0 Å². The number of rotatable bonds is 5. The first-order valence-electron chi connectivity index (χ1n) is 8.62. The summed E-state index contributed by atoms with van der Waals surface area (Å²) in [5.41, 5.74) is 7.01. The monoisotopic (exact) mass is 346 g/mol. The molecule has 1 N–H and O–H groups in total. The van der Waals surface area contributed by atoms with Gasteiger partial charge in [-0.1, -0.05) is 36.4 Å². The third-order valence-corrected chi connectivity index (χ3v) is 4.15. The van der Waals surface area contributed by atoms with Crippen molar-refractivity contribution in [3.63, 3.8) is 0 Å². The van der Waals surface area contributed by atoms with E-state index in [0.29, 0.717) is 5.56 Å². The van der Waals surface area contributed by atoms with Gasteiger partial charge in [-0.05, 0) is 50.1 Å². The van der Waals surface area contributed by atoms with Crippen molar-refractivity contribution in [3.05, 3.63) is 71.1 Å². The number of carbonyl (C=O) groups excluding carboxylic acids is 1. The molecule has 0 aliphatic carbocycles. The van der Waals surface area contributed by atoms with Crippen LogP contribution in [0.3, 0.4) is 0 Å². The second kappa shape index (κ2) is 7.78. The number of amides is 1. The summed E-state index contributed by atoms with van der Waals surface area (Å²) in [4.78, 5) is 16.8. The summed E-state index contributed by atoms with van der Waals surface area (Å²) in [6.07, 6.45) is 3.64. The van der Waals surface area contributed by atoms with Gasteiger partial charge in [0.1, 0.15) is 5.82 Å². The summed E-state index contributed by atoms with van der Waals surface area (Å²) in [5.74, 6) is 0.694. The van der Waals surface area contributed by atoms with Gasteiger partial charge in [-0.25, -0.2) is 10.4 Å². The number of aryl methyl sites for hydroxylation is 2. The van der Waals surface area contributed by atoms with Crippen LogP contribution in [0.25, 0.3) is 17.1 Å². The molecule has 0 aliphatic rings. The Morgan fingerprint density at radius 2 is 2.00 bits per heavy atom. The molecule has 0 bridgehead atoms. The average Bonchev–Trinajstić information content (AvgIpc) is 2.96. The molecule has 1 aromatic heterocycles. The fraction of sp³-hybridized carbons (Fsp3) is 0.190. The maximum absolute atomic E-state index is 12.3. The number of hydrogen-bond donors (Lipinski definition) is 1. The number of hydrogen-bond acceptors (Lipinski definition) is 3. The molecular formula is C21H22N4O. The number of fused-ring (bicyclic) bond motifs is 1. The van der Waals surface area contributed by atoms with Crippen molar-refractivity contribution < 1.29 is 4.79 Å². The zero-order valence-corrected chi connectivity index (χ0v) is 15.2. The minimum Gasteiger partial charge on any atom is -0.329 e. The van der Waals surface area contributed by atoms with Gasteiger partial charge in [0.05, 0.1) is 17.2 Å². The largest absolute Gasteiger partial charge is 0.329 e. The van der Waals surface area contributed by atoms with E-state index in [2.05, 4.69) is 27.0 Å². The molecule has 26 heavy (non-hydrogen) atoms. The number of imidazole rings is 1. The van der Waals surface area contributed by atoms with E-state index in [4.69, 9.17) is 0 Å². The second-order valence-electron chi connectivity index (χ2n) is 6.10. The van der Waals surface area contributed by atoms with Crippen LogP contribution in [-0.4, -0.2) is 21.7 Å². The zero-order valence-electron chi connectivity index (χ0n) is 15.2. The first kappa shape index (κ1) is 17.6.